The molecule has 3 aliphatic rings. The van der Waals surface area contributed by atoms with Crippen molar-refractivity contribution in [1.29, 1.82) is 0 Å². The molecule has 0 saturated carbocycles. The quantitative estimate of drug-likeness (QED) is 0.0871. The van der Waals surface area contributed by atoms with Gasteiger partial charge in [0.15, 0.2) is 17.3 Å². The molecule has 0 fully saturated rings. The summed E-state index contributed by atoms with van der Waals surface area (Å²) >= 11 is 0. The van der Waals surface area contributed by atoms with Crippen molar-refractivity contribution in [3.63, 3.8) is 0 Å². The molecule has 9 nitrogen and oxygen atoms in total. The predicted molar refractivity (Wildman–Crippen MR) is 282 cm³/mol. The third kappa shape index (κ3) is 13.3. The maximum Gasteiger partial charge on any atom is 0.317 e. The first-order chi connectivity index (χ1) is 35.0. The molecule has 0 aliphatic heterocycles. The summed E-state index contributed by atoms with van der Waals surface area (Å²) in [5.74, 6) is -1.15. The van der Waals surface area contributed by atoms with Crippen molar-refractivity contribution in [2.45, 2.75) is 64.2 Å². The Hall–Kier alpha value is -7.91. The van der Waals surface area contributed by atoms with Crippen LogP contribution in [-0.2, 0) is 33.4 Å². The highest BCUT2D eigenvalue weighted by Gasteiger charge is 2.41. The van der Waals surface area contributed by atoms with Gasteiger partial charge < -0.3 is 18.9 Å². The van der Waals surface area contributed by atoms with Crippen molar-refractivity contribution in [1.82, 2.24) is 0 Å². The normalized spacial score (nSPS) is 19.4. The number of allylic oxidation sites excluding steroid dienone is 6. The van der Waals surface area contributed by atoms with E-state index < -0.39 is 23.8 Å². The van der Waals surface area contributed by atoms with Crippen LogP contribution >= 0.6 is 0 Å². The Morgan fingerprint density at radius 3 is 1.18 bits per heavy atom. The van der Waals surface area contributed by atoms with Crippen LogP contribution in [0.15, 0.2) is 182 Å². The number of carbonyl (C=O) groups is 5. The first-order valence-electron chi connectivity index (χ1n) is 24.6. The highest BCUT2D eigenvalue weighted by molar-refractivity contribution is 6.11. The van der Waals surface area contributed by atoms with E-state index in [0.717, 1.165) is 62.5 Å². The van der Waals surface area contributed by atoms with Gasteiger partial charge in [0.2, 0.25) is 0 Å². The van der Waals surface area contributed by atoms with Gasteiger partial charge in [-0.05, 0) is 139 Å². The van der Waals surface area contributed by atoms with Crippen molar-refractivity contribution in [2.75, 3.05) is 27.4 Å². The van der Waals surface area contributed by atoms with Crippen molar-refractivity contribution in [3.05, 3.63) is 221 Å². The summed E-state index contributed by atoms with van der Waals surface area (Å²) < 4.78 is 20.7. The van der Waals surface area contributed by atoms with Crippen LogP contribution in [0.2, 0.25) is 0 Å². The first kappa shape index (κ1) is 51.9. The zero-order chi connectivity index (χ0) is 51.0. The summed E-state index contributed by atoms with van der Waals surface area (Å²) in [5.41, 5.74) is 10.5. The monoisotopic (exact) mass is 962 g/mol. The zero-order valence-corrected chi connectivity index (χ0v) is 41.6. The van der Waals surface area contributed by atoms with E-state index in [9.17, 15) is 24.0 Å². The third-order valence-electron chi connectivity index (χ3n) is 13.3. The lowest BCUT2D eigenvalue weighted by Crippen LogP contribution is -2.34. The summed E-state index contributed by atoms with van der Waals surface area (Å²) in [7, 11) is 3.28. The molecule has 3 aliphatic carbocycles. The number of ether oxygens (including phenoxy) is 4. The van der Waals surface area contributed by atoms with Crippen LogP contribution in [0.4, 0.5) is 0 Å². The maximum atomic E-state index is 12.8. The van der Waals surface area contributed by atoms with Gasteiger partial charge in [0.05, 0.1) is 27.4 Å². The van der Waals surface area contributed by atoms with Crippen molar-refractivity contribution in [3.8, 4) is 11.5 Å². The Morgan fingerprint density at radius 1 is 0.444 bits per heavy atom. The smallest absolute Gasteiger partial charge is 0.317 e. The van der Waals surface area contributed by atoms with E-state index in [0.29, 0.717) is 19.3 Å². The topological polar surface area (TPSA) is 122 Å². The summed E-state index contributed by atoms with van der Waals surface area (Å²) in [4.78, 5) is 62.5. The van der Waals surface area contributed by atoms with E-state index in [-0.39, 0.29) is 48.3 Å². The minimum absolute atomic E-state index is 0.172. The van der Waals surface area contributed by atoms with Crippen molar-refractivity contribution < 1.29 is 42.9 Å². The number of ketones is 3. The standard InChI is InChI=1S/C22H22O4.C22H22O3.C19H18O2/c1-3-26-22(24)21-19(16-7-5-4-6-8-16)13-17(14-20(21)23)15-9-11-18(25-2)12-10-15;1-3-25-22(24)21-19(17-7-5-4-6-8-17)13-18(14-20(21)23)16-11-9-15(2)10-12-16;1-21-19-9-7-15(8-10-19)17-11-16(12-18(20)13-17)14-5-3-2-4-6-14/h4-12,14,19,21H,3,13H2,1-2H3;4-12,14,19,21H,3,13H2,1-2H3;2-10,13,16H,11-12H2,1H3. The molecule has 72 heavy (non-hydrogen) atoms. The average molecular weight is 963 g/mol. The van der Waals surface area contributed by atoms with Gasteiger partial charge in [-0.2, -0.15) is 0 Å². The van der Waals surface area contributed by atoms with Crippen LogP contribution in [-0.4, -0.2) is 56.7 Å². The molecule has 9 heteroatoms. The first-order valence-corrected chi connectivity index (χ1v) is 24.6. The predicted octanol–water partition coefficient (Wildman–Crippen LogP) is 12.6. The molecule has 0 spiro atoms. The number of rotatable bonds is 12. The molecule has 5 atom stereocenters. The Bertz CT molecular complexity index is 2880. The van der Waals surface area contributed by atoms with Gasteiger partial charge >= 0.3 is 11.9 Å². The van der Waals surface area contributed by atoms with E-state index in [2.05, 4.69) is 12.1 Å². The number of carbonyl (C=O) groups excluding carboxylic acids is 5. The fraction of sp³-hybridized carbons (Fsp3) is 0.254. The summed E-state index contributed by atoms with van der Waals surface area (Å²) in [6.07, 6.45) is 7.75. The molecule has 0 radical (unpaired) electrons. The molecule has 0 bridgehead atoms. The van der Waals surface area contributed by atoms with Gasteiger partial charge in [-0.25, -0.2) is 0 Å². The Labute approximate surface area is 423 Å². The summed E-state index contributed by atoms with van der Waals surface area (Å²) in [6.45, 7) is 6.09. The van der Waals surface area contributed by atoms with E-state index in [1.807, 2.05) is 159 Å². The zero-order valence-electron chi connectivity index (χ0n) is 41.6. The van der Waals surface area contributed by atoms with Crippen LogP contribution in [0.5, 0.6) is 11.5 Å². The highest BCUT2D eigenvalue weighted by Crippen LogP contribution is 2.42. The molecule has 0 N–H and O–H groups in total. The number of methoxy groups -OCH3 is 2. The van der Waals surface area contributed by atoms with Gasteiger partial charge in [-0.15, -0.1) is 0 Å². The lowest BCUT2D eigenvalue weighted by Gasteiger charge is -2.29. The lowest BCUT2D eigenvalue weighted by molar-refractivity contribution is -0.153. The van der Waals surface area contributed by atoms with E-state index in [4.69, 9.17) is 18.9 Å². The van der Waals surface area contributed by atoms with Gasteiger partial charge in [0.1, 0.15) is 23.3 Å². The van der Waals surface area contributed by atoms with Crippen LogP contribution in [0.25, 0.3) is 16.7 Å². The third-order valence-corrected chi connectivity index (χ3v) is 13.3. The second-order valence-corrected chi connectivity index (χ2v) is 18.0. The summed E-state index contributed by atoms with van der Waals surface area (Å²) in [6, 6.07) is 53.4. The highest BCUT2D eigenvalue weighted by atomic mass is 16.5. The molecule has 0 heterocycles. The molecule has 9 rings (SSSR count). The number of aryl methyl sites for hydroxylation is 1. The fourth-order valence-corrected chi connectivity index (χ4v) is 9.63. The summed E-state index contributed by atoms with van der Waals surface area (Å²) in [5, 5.41) is 0. The van der Waals surface area contributed by atoms with Gasteiger partial charge in [0, 0.05) is 18.3 Å². The second-order valence-electron chi connectivity index (χ2n) is 18.0. The number of benzene rings is 6. The van der Waals surface area contributed by atoms with Crippen LogP contribution < -0.4 is 9.47 Å². The van der Waals surface area contributed by atoms with E-state index >= 15 is 0 Å². The Balaban J connectivity index is 0.000000159. The number of esters is 2. The Morgan fingerprint density at radius 2 is 0.806 bits per heavy atom. The molecule has 6 aromatic rings. The second kappa shape index (κ2) is 25.3. The lowest BCUT2D eigenvalue weighted by atomic mass is 9.73. The van der Waals surface area contributed by atoms with Gasteiger partial charge in [-0.1, -0.05) is 145 Å². The average Bonchev–Trinajstić information content (AvgIpc) is 3.41. The van der Waals surface area contributed by atoms with Crippen molar-refractivity contribution >= 4 is 46.0 Å². The molecule has 0 saturated heterocycles. The molecule has 6 aromatic carbocycles. The van der Waals surface area contributed by atoms with Gasteiger partial charge in [-0.3, -0.25) is 24.0 Å². The van der Waals surface area contributed by atoms with Gasteiger partial charge in [0.25, 0.3) is 0 Å². The number of hydrogen-bond donors (Lipinski definition) is 0. The number of hydrogen-bond acceptors (Lipinski definition) is 9. The fourth-order valence-electron chi connectivity index (χ4n) is 9.63. The van der Waals surface area contributed by atoms with Crippen molar-refractivity contribution in [2.24, 2.45) is 11.8 Å². The van der Waals surface area contributed by atoms with E-state index in [1.54, 1.807) is 46.3 Å². The van der Waals surface area contributed by atoms with Crippen LogP contribution in [0.1, 0.15) is 96.2 Å². The molecular weight excluding hydrogens is 901 g/mol. The molecule has 368 valence electrons. The maximum absolute atomic E-state index is 12.8. The molecule has 5 unspecified atom stereocenters. The van der Waals surface area contributed by atoms with Crippen LogP contribution in [0.3, 0.4) is 0 Å². The molecule has 0 amide bonds. The largest absolute Gasteiger partial charge is 0.497 e. The SMILES string of the molecule is CCOC(=O)C1C(=O)C=C(c2ccc(C)cc2)CC1c1ccccc1.CCOC(=O)C1C(=O)C=C(c2ccc(OC)cc2)CC1c1ccccc1.COc1ccc(C2=CC(=O)CC(c3ccccc3)C2)cc1. The minimum atomic E-state index is -0.792. The van der Waals surface area contributed by atoms with Crippen LogP contribution in [0, 0.1) is 18.8 Å². The molecule has 0 aromatic heterocycles. The molecular formula is C63H62O9. The van der Waals surface area contributed by atoms with E-state index in [1.165, 1.54) is 11.1 Å². The Kier molecular flexibility index (Phi) is 18.2. The minimum Gasteiger partial charge on any atom is -0.497 e.